The van der Waals surface area contributed by atoms with Crippen molar-refractivity contribution in [2.45, 2.75) is 53.3 Å². The maximum Gasteiger partial charge on any atom is 0.0415 e. The first kappa shape index (κ1) is 11.2. The van der Waals surface area contributed by atoms with Gasteiger partial charge in [-0.1, -0.05) is 53.3 Å². The first-order valence-electron chi connectivity index (χ1n) is 4.67. The van der Waals surface area contributed by atoms with Crippen LogP contribution >= 0.6 is 0 Å². The van der Waals surface area contributed by atoms with Gasteiger partial charge in [-0.25, -0.2) is 0 Å². The lowest BCUT2D eigenvalue weighted by Gasteiger charge is -2.30. The van der Waals surface area contributed by atoms with Gasteiger partial charge in [0.15, 0.2) is 0 Å². The third-order valence-electron chi connectivity index (χ3n) is 2.37. The summed E-state index contributed by atoms with van der Waals surface area (Å²) in [5, 5.41) is 0. The number of hydrogen-bond donors (Lipinski definition) is 0. The monoisotopic (exact) mass is 171 g/mol. The molecule has 0 saturated heterocycles. The van der Waals surface area contributed by atoms with E-state index in [2.05, 4.69) is 40.8 Å². The van der Waals surface area contributed by atoms with Crippen molar-refractivity contribution in [3.8, 4) is 0 Å². The molecule has 0 bridgehead atoms. The molecule has 0 saturated carbocycles. The third kappa shape index (κ3) is 4.62. The van der Waals surface area contributed by atoms with Crippen molar-refractivity contribution in [2.24, 2.45) is 11.3 Å². The summed E-state index contributed by atoms with van der Waals surface area (Å²) in [7, 11) is -0.0279. The van der Waals surface area contributed by atoms with Crippen molar-refractivity contribution >= 4 is 8.80 Å². The zero-order valence-corrected chi connectivity index (χ0v) is 9.99. The van der Waals surface area contributed by atoms with E-state index in [4.69, 9.17) is 0 Å². The molecular formula is C10H23Si. The summed E-state index contributed by atoms with van der Waals surface area (Å²) in [5.41, 5.74) is 0.524. The molecule has 67 valence electrons. The zero-order valence-electron chi connectivity index (χ0n) is 8.99. The Balaban J connectivity index is 3.96. The molecule has 0 unspecified atom stereocenters. The van der Waals surface area contributed by atoms with Crippen LogP contribution in [0.2, 0.25) is 19.1 Å². The number of rotatable bonds is 3. The van der Waals surface area contributed by atoms with Crippen LogP contribution in [-0.4, -0.2) is 8.80 Å². The molecule has 1 radical (unpaired) electrons. The first-order valence-corrected chi connectivity index (χ1v) is 7.37. The van der Waals surface area contributed by atoms with Crippen molar-refractivity contribution in [1.82, 2.24) is 0 Å². The molecule has 0 aromatic carbocycles. The molecule has 0 aromatic rings. The van der Waals surface area contributed by atoms with Gasteiger partial charge in [0.25, 0.3) is 0 Å². The van der Waals surface area contributed by atoms with E-state index in [1.54, 1.807) is 0 Å². The van der Waals surface area contributed by atoms with E-state index in [1.165, 1.54) is 12.5 Å². The van der Waals surface area contributed by atoms with Crippen LogP contribution in [0.5, 0.6) is 0 Å². The van der Waals surface area contributed by atoms with Crippen LogP contribution in [0.15, 0.2) is 0 Å². The Morgan fingerprint density at radius 1 is 1.18 bits per heavy atom. The van der Waals surface area contributed by atoms with Gasteiger partial charge in [0, 0.05) is 8.80 Å². The fourth-order valence-electron chi connectivity index (χ4n) is 1.56. The molecular weight excluding hydrogens is 148 g/mol. The van der Waals surface area contributed by atoms with Crippen molar-refractivity contribution in [3.05, 3.63) is 0 Å². The van der Waals surface area contributed by atoms with Crippen molar-refractivity contribution in [1.29, 1.82) is 0 Å². The molecule has 0 spiro atoms. The Morgan fingerprint density at radius 3 is 1.73 bits per heavy atom. The fraction of sp³-hybridized carbons (Fsp3) is 1.00. The standard InChI is InChI=1S/C10H23Si/c1-7-9(8-11(5)6)10(2,3)4/h9H,7-8H2,1-6H3/t9-/m1/s1. The quantitative estimate of drug-likeness (QED) is 0.566. The lowest BCUT2D eigenvalue weighted by Crippen LogP contribution is -2.23. The highest BCUT2D eigenvalue weighted by atomic mass is 28.3. The number of hydrogen-bond acceptors (Lipinski definition) is 0. The minimum atomic E-state index is -0.0279. The second kappa shape index (κ2) is 4.29. The Hall–Kier alpha value is 0.217. The Morgan fingerprint density at radius 2 is 1.64 bits per heavy atom. The first-order chi connectivity index (χ1) is 4.88. The van der Waals surface area contributed by atoms with Gasteiger partial charge in [-0.15, -0.1) is 0 Å². The van der Waals surface area contributed by atoms with Crippen LogP contribution in [0.4, 0.5) is 0 Å². The van der Waals surface area contributed by atoms with E-state index in [0.29, 0.717) is 5.41 Å². The smallest absolute Gasteiger partial charge is 0.0415 e. The van der Waals surface area contributed by atoms with E-state index in [0.717, 1.165) is 5.92 Å². The van der Waals surface area contributed by atoms with Gasteiger partial charge in [0.05, 0.1) is 0 Å². The maximum absolute atomic E-state index is 2.42. The van der Waals surface area contributed by atoms with E-state index in [-0.39, 0.29) is 8.80 Å². The van der Waals surface area contributed by atoms with E-state index >= 15 is 0 Å². The summed E-state index contributed by atoms with van der Waals surface area (Å²) in [4.78, 5) is 0. The van der Waals surface area contributed by atoms with Gasteiger partial charge < -0.3 is 0 Å². The lowest BCUT2D eigenvalue weighted by atomic mass is 9.80. The van der Waals surface area contributed by atoms with Crippen LogP contribution in [0.1, 0.15) is 34.1 Å². The van der Waals surface area contributed by atoms with Crippen molar-refractivity contribution in [2.75, 3.05) is 0 Å². The normalized spacial score (nSPS) is 15.5. The van der Waals surface area contributed by atoms with Crippen LogP contribution in [0.3, 0.4) is 0 Å². The third-order valence-corrected chi connectivity index (χ3v) is 3.68. The van der Waals surface area contributed by atoms with E-state index < -0.39 is 0 Å². The summed E-state index contributed by atoms with van der Waals surface area (Å²) in [6.07, 6.45) is 1.35. The fourth-order valence-corrected chi connectivity index (χ4v) is 3.44. The molecule has 0 aliphatic rings. The SMILES string of the molecule is CC[C@H](C[Si](C)C)C(C)(C)C. The van der Waals surface area contributed by atoms with Crippen LogP contribution in [0, 0.1) is 11.3 Å². The van der Waals surface area contributed by atoms with Crippen LogP contribution in [-0.2, 0) is 0 Å². The summed E-state index contributed by atoms with van der Waals surface area (Å²) >= 11 is 0. The van der Waals surface area contributed by atoms with Gasteiger partial charge >= 0.3 is 0 Å². The molecule has 0 fully saturated rings. The van der Waals surface area contributed by atoms with Gasteiger partial charge in [0.2, 0.25) is 0 Å². The molecule has 0 rings (SSSR count). The Bertz CT molecular complexity index is 99.9. The Labute approximate surface area is 74.0 Å². The molecule has 0 aliphatic carbocycles. The minimum absolute atomic E-state index is 0.0279. The highest BCUT2D eigenvalue weighted by Crippen LogP contribution is 2.32. The highest BCUT2D eigenvalue weighted by Gasteiger charge is 2.23. The highest BCUT2D eigenvalue weighted by molar-refractivity contribution is 6.55. The van der Waals surface area contributed by atoms with Crippen molar-refractivity contribution < 1.29 is 0 Å². The predicted molar refractivity (Wildman–Crippen MR) is 55.5 cm³/mol. The van der Waals surface area contributed by atoms with Crippen LogP contribution in [0.25, 0.3) is 0 Å². The summed E-state index contributed by atoms with van der Waals surface area (Å²) in [5.74, 6) is 0.936. The lowest BCUT2D eigenvalue weighted by molar-refractivity contribution is 0.253. The second-order valence-corrected chi connectivity index (χ2v) is 7.70. The zero-order chi connectivity index (χ0) is 9.07. The van der Waals surface area contributed by atoms with E-state index in [9.17, 15) is 0 Å². The topological polar surface area (TPSA) is 0 Å². The van der Waals surface area contributed by atoms with Gasteiger partial charge in [-0.2, -0.15) is 0 Å². The summed E-state index contributed by atoms with van der Waals surface area (Å²) in [6, 6.07) is 1.48. The van der Waals surface area contributed by atoms with Crippen molar-refractivity contribution in [3.63, 3.8) is 0 Å². The molecule has 0 nitrogen and oxygen atoms in total. The maximum atomic E-state index is 2.42. The van der Waals surface area contributed by atoms with Gasteiger partial charge in [-0.3, -0.25) is 0 Å². The molecule has 0 aromatic heterocycles. The van der Waals surface area contributed by atoms with Gasteiger partial charge in [0.1, 0.15) is 0 Å². The molecule has 0 N–H and O–H groups in total. The van der Waals surface area contributed by atoms with Crippen LogP contribution < -0.4 is 0 Å². The average Bonchev–Trinajstić information content (AvgIpc) is 1.79. The molecule has 0 heterocycles. The second-order valence-electron chi connectivity index (χ2n) is 4.88. The average molecular weight is 171 g/mol. The Kier molecular flexibility index (Phi) is 4.38. The molecule has 1 heteroatoms. The summed E-state index contributed by atoms with van der Waals surface area (Å²) < 4.78 is 0. The molecule has 0 aliphatic heterocycles. The minimum Gasteiger partial charge on any atom is -0.0713 e. The molecule has 11 heavy (non-hydrogen) atoms. The largest absolute Gasteiger partial charge is 0.0713 e. The predicted octanol–water partition coefficient (Wildman–Crippen LogP) is 3.81. The van der Waals surface area contributed by atoms with Gasteiger partial charge in [-0.05, 0) is 11.3 Å². The molecule has 1 atom stereocenters. The molecule has 0 amide bonds. The van der Waals surface area contributed by atoms with E-state index in [1.807, 2.05) is 0 Å². The summed E-state index contributed by atoms with van der Waals surface area (Å²) in [6.45, 7) is 14.3.